The van der Waals surface area contributed by atoms with Gasteiger partial charge in [0.1, 0.15) is 0 Å². The summed E-state index contributed by atoms with van der Waals surface area (Å²) < 4.78 is 24.3. The zero-order chi connectivity index (χ0) is 12.6. The van der Waals surface area contributed by atoms with Gasteiger partial charge in [-0.15, -0.1) is 0 Å². The lowest BCUT2D eigenvalue weighted by Gasteiger charge is -2.12. The zero-order valence-corrected chi connectivity index (χ0v) is 10.4. The largest absolute Gasteiger partial charge is 0.480 e. The molecule has 0 radical (unpaired) electrons. The van der Waals surface area contributed by atoms with Crippen LogP contribution in [0.3, 0.4) is 0 Å². The van der Waals surface area contributed by atoms with E-state index >= 15 is 0 Å². The summed E-state index contributed by atoms with van der Waals surface area (Å²) in [6, 6.07) is 5.71. The molecule has 6 heteroatoms. The molecule has 1 N–H and O–H groups in total. The molecule has 1 fully saturated rings. The molecule has 1 saturated carbocycles. The third-order valence-corrected chi connectivity index (χ3v) is 5.15. The number of rotatable bonds is 4. The van der Waals surface area contributed by atoms with Crippen LogP contribution in [0.25, 0.3) is 0 Å². The monoisotopic (exact) mass is 274 g/mol. The van der Waals surface area contributed by atoms with Crippen LogP contribution in [-0.4, -0.2) is 24.7 Å². The van der Waals surface area contributed by atoms with E-state index in [9.17, 15) is 13.2 Å². The molecule has 1 aliphatic carbocycles. The summed E-state index contributed by atoms with van der Waals surface area (Å²) >= 11 is 5.72. The van der Waals surface area contributed by atoms with Crippen LogP contribution in [0.2, 0.25) is 5.02 Å². The van der Waals surface area contributed by atoms with Crippen molar-refractivity contribution < 1.29 is 18.3 Å². The molecule has 0 spiro atoms. The van der Waals surface area contributed by atoms with E-state index in [0.29, 0.717) is 12.8 Å². The fourth-order valence-electron chi connectivity index (χ4n) is 1.78. The van der Waals surface area contributed by atoms with Crippen molar-refractivity contribution in [2.24, 2.45) is 5.92 Å². The summed E-state index contributed by atoms with van der Waals surface area (Å²) in [6.45, 7) is 0. The minimum Gasteiger partial charge on any atom is -0.480 e. The van der Waals surface area contributed by atoms with E-state index in [2.05, 4.69) is 0 Å². The molecule has 1 aromatic carbocycles. The Morgan fingerprint density at radius 2 is 2.06 bits per heavy atom. The van der Waals surface area contributed by atoms with Gasteiger partial charge in [0.2, 0.25) is 0 Å². The summed E-state index contributed by atoms with van der Waals surface area (Å²) in [6.07, 6.45) is 1.30. The number of hydrogen-bond acceptors (Lipinski definition) is 3. The van der Waals surface area contributed by atoms with Crippen LogP contribution in [-0.2, 0) is 14.6 Å². The SMILES string of the molecule is O=C(O)C(C1CC1)S(=O)(=O)c1cccc(Cl)c1. The van der Waals surface area contributed by atoms with Crippen LogP contribution < -0.4 is 0 Å². The molecule has 0 amide bonds. The number of halogens is 1. The highest BCUT2D eigenvalue weighted by atomic mass is 35.5. The van der Waals surface area contributed by atoms with Gasteiger partial charge in [-0.3, -0.25) is 4.79 Å². The van der Waals surface area contributed by atoms with Gasteiger partial charge in [0.15, 0.2) is 15.1 Å². The molecule has 92 valence electrons. The van der Waals surface area contributed by atoms with Crippen molar-refractivity contribution in [3.05, 3.63) is 29.3 Å². The molecule has 17 heavy (non-hydrogen) atoms. The maximum absolute atomic E-state index is 12.2. The molecule has 0 aromatic heterocycles. The number of hydrogen-bond donors (Lipinski definition) is 1. The normalized spacial score (nSPS) is 17.7. The van der Waals surface area contributed by atoms with Crippen LogP contribution in [0, 0.1) is 5.92 Å². The summed E-state index contributed by atoms with van der Waals surface area (Å²) in [5, 5.41) is 7.97. The van der Waals surface area contributed by atoms with Gasteiger partial charge in [-0.25, -0.2) is 8.42 Å². The van der Waals surface area contributed by atoms with E-state index in [4.69, 9.17) is 16.7 Å². The molecule has 1 aromatic rings. The van der Waals surface area contributed by atoms with Gasteiger partial charge in [-0.05, 0) is 37.0 Å². The van der Waals surface area contributed by atoms with Gasteiger partial charge in [0.25, 0.3) is 0 Å². The first-order chi connectivity index (χ1) is 7.93. The molecule has 0 aliphatic heterocycles. The standard InChI is InChI=1S/C11H11ClO4S/c12-8-2-1-3-9(6-8)17(15,16)10(11(13)14)7-4-5-7/h1-3,6-7,10H,4-5H2,(H,13,14). The Morgan fingerprint density at radius 3 is 2.53 bits per heavy atom. The minimum absolute atomic E-state index is 0.0238. The Labute approximate surface area is 104 Å². The van der Waals surface area contributed by atoms with Crippen LogP contribution >= 0.6 is 11.6 Å². The average molecular weight is 275 g/mol. The van der Waals surface area contributed by atoms with Gasteiger partial charge in [-0.2, -0.15) is 0 Å². The third kappa shape index (κ3) is 2.45. The highest BCUT2D eigenvalue weighted by molar-refractivity contribution is 7.92. The second-order valence-electron chi connectivity index (χ2n) is 4.10. The predicted molar refractivity (Wildman–Crippen MR) is 62.8 cm³/mol. The summed E-state index contributed by atoms with van der Waals surface area (Å²) in [4.78, 5) is 11.0. The molecule has 0 bridgehead atoms. The third-order valence-electron chi connectivity index (χ3n) is 2.75. The topological polar surface area (TPSA) is 71.4 Å². The Morgan fingerprint density at radius 1 is 1.41 bits per heavy atom. The summed E-state index contributed by atoms with van der Waals surface area (Å²) in [5.74, 6) is -1.55. The van der Waals surface area contributed by atoms with Crippen molar-refractivity contribution >= 4 is 27.4 Å². The number of carboxylic acid groups (broad SMARTS) is 1. The van der Waals surface area contributed by atoms with E-state index in [1.807, 2.05) is 0 Å². The van der Waals surface area contributed by atoms with Crippen molar-refractivity contribution in [1.29, 1.82) is 0 Å². The lowest BCUT2D eigenvalue weighted by molar-refractivity contribution is -0.136. The molecule has 1 unspecified atom stereocenters. The lowest BCUT2D eigenvalue weighted by atomic mass is 10.3. The molecule has 2 rings (SSSR count). The second-order valence-corrected chi connectivity index (χ2v) is 6.60. The molecular formula is C11H11ClO4S. The maximum Gasteiger partial charge on any atom is 0.322 e. The molecule has 1 aliphatic rings. The van der Waals surface area contributed by atoms with Crippen molar-refractivity contribution in [3.63, 3.8) is 0 Å². The minimum atomic E-state index is -3.84. The summed E-state index contributed by atoms with van der Waals surface area (Å²) in [7, 11) is -3.84. The van der Waals surface area contributed by atoms with Crippen LogP contribution in [0.15, 0.2) is 29.2 Å². The Kier molecular flexibility index (Phi) is 3.14. The molecule has 4 nitrogen and oxygen atoms in total. The van der Waals surface area contributed by atoms with Gasteiger partial charge in [0.05, 0.1) is 4.90 Å². The van der Waals surface area contributed by atoms with Crippen molar-refractivity contribution in [2.75, 3.05) is 0 Å². The van der Waals surface area contributed by atoms with E-state index < -0.39 is 21.1 Å². The highest BCUT2D eigenvalue weighted by Gasteiger charge is 2.45. The second kappa shape index (κ2) is 4.31. The van der Waals surface area contributed by atoms with E-state index in [1.54, 1.807) is 6.07 Å². The fraction of sp³-hybridized carbons (Fsp3) is 0.364. The first-order valence-electron chi connectivity index (χ1n) is 5.15. The van der Waals surface area contributed by atoms with E-state index in [0.717, 1.165) is 0 Å². The van der Waals surface area contributed by atoms with Gasteiger partial charge in [-0.1, -0.05) is 17.7 Å². The van der Waals surface area contributed by atoms with Crippen molar-refractivity contribution in [2.45, 2.75) is 23.0 Å². The molecule has 1 atom stereocenters. The molecular weight excluding hydrogens is 264 g/mol. The van der Waals surface area contributed by atoms with Gasteiger partial charge in [0, 0.05) is 5.02 Å². The van der Waals surface area contributed by atoms with Crippen molar-refractivity contribution in [1.82, 2.24) is 0 Å². The smallest absolute Gasteiger partial charge is 0.322 e. The first kappa shape index (κ1) is 12.4. The first-order valence-corrected chi connectivity index (χ1v) is 7.07. The summed E-state index contributed by atoms with van der Waals surface area (Å²) in [5.41, 5.74) is 0. The number of aliphatic carboxylic acids is 1. The molecule has 0 saturated heterocycles. The number of benzene rings is 1. The molecule has 0 heterocycles. The highest BCUT2D eigenvalue weighted by Crippen LogP contribution is 2.38. The van der Waals surface area contributed by atoms with Gasteiger partial charge < -0.3 is 5.11 Å². The number of sulfone groups is 1. The Bertz CT molecular complexity index is 548. The average Bonchev–Trinajstić information content (AvgIpc) is 3.01. The number of carboxylic acids is 1. The zero-order valence-electron chi connectivity index (χ0n) is 8.84. The Balaban J connectivity index is 2.44. The fourth-order valence-corrected chi connectivity index (χ4v) is 3.93. The van der Waals surface area contributed by atoms with Crippen molar-refractivity contribution in [3.8, 4) is 0 Å². The van der Waals surface area contributed by atoms with E-state index in [-0.39, 0.29) is 15.8 Å². The van der Waals surface area contributed by atoms with Crippen LogP contribution in [0.5, 0.6) is 0 Å². The van der Waals surface area contributed by atoms with Crippen LogP contribution in [0.1, 0.15) is 12.8 Å². The Hall–Kier alpha value is -1.07. The quantitative estimate of drug-likeness (QED) is 0.911. The number of carbonyl (C=O) groups is 1. The van der Waals surface area contributed by atoms with Crippen LogP contribution in [0.4, 0.5) is 0 Å². The van der Waals surface area contributed by atoms with E-state index in [1.165, 1.54) is 18.2 Å². The lowest BCUT2D eigenvalue weighted by Crippen LogP contribution is -2.32. The van der Waals surface area contributed by atoms with Gasteiger partial charge >= 0.3 is 5.97 Å². The maximum atomic E-state index is 12.2. The predicted octanol–water partition coefficient (Wildman–Crippen LogP) is 1.98.